The summed E-state index contributed by atoms with van der Waals surface area (Å²) in [6.07, 6.45) is 9.86. The summed E-state index contributed by atoms with van der Waals surface area (Å²) in [5, 5.41) is 12.6. The van der Waals surface area contributed by atoms with Gasteiger partial charge in [0.2, 0.25) is 11.9 Å². The van der Waals surface area contributed by atoms with Crippen LogP contribution in [0.5, 0.6) is 0 Å². The molecule has 1 fully saturated rings. The second-order valence-electron chi connectivity index (χ2n) is 11.4. The molecular formula is C31H38N6O5. The monoisotopic (exact) mass is 574 g/mol. The van der Waals surface area contributed by atoms with E-state index in [1.807, 2.05) is 17.0 Å². The third-order valence-electron chi connectivity index (χ3n) is 8.42. The van der Waals surface area contributed by atoms with Gasteiger partial charge >= 0.3 is 5.97 Å². The predicted molar refractivity (Wildman–Crippen MR) is 158 cm³/mol. The van der Waals surface area contributed by atoms with E-state index in [1.54, 1.807) is 17.7 Å². The van der Waals surface area contributed by atoms with E-state index < -0.39 is 5.97 Å². The number of carboxylic acid groups (broad SMARTS) is 1. The second-order valence-corrected chi connectivity index (χ2v) is 11.4. The first-order valence-corrected chi connectivity index (χ1v) is 14.9. The number of aromatic nitrogens is 4. The maximum Gasteiger partial charge on any atom is 0.303 e. The van der Waals surface area contributed by atoms with Gasteiger partial charge in [-0.15, -0.1) is 0 Å². The molecule has 3 aromatic heterocycles. The van der Waals surface area contributed by atoms with Crippen LogP contribution in [0.1, 0.15) is 104 Å². The van der Waals surface area contributed by atoms with E-state index in [0.29, 0.717) is 60.7 Å². The zero-order valence-corrected chi connectivity index (χ0v) is 24.3. The first-order chi connectivity index (χ1) is 20.2. The minimum atomic E-state index is -0.778. The maximum absolute atomic E-state index is 13.5. The summed E-state index contributed by atoms with van der Waals surface area (Å²) in [6, 6.07) is 3.82. The average Bonchev–Trinajstić information content (AvgIpc) is 3.48. The Balaban J connectivity index is 1.29. The van der Waals surface area contributed by atoms with E-state index in [0.717, 1.165) is 56.2 Å². The lowest BCUT2D eigenvalue weighted by molar-refractivity contribution is -0.137. The Morgan fingerprint density at radius 3 is 2.50 bits per heavy atom. The molecule has 11 heteroatoms. The molecule has 2 aliphatic rings. The number of hydrogen-bond acceptors (Lipinski definition) is 8. The van der Waals surface area contributed by atoms with Crippen molar-refractivity contribution < 1.29 is 19.5 Å². The number of aryl methyl sites for hydroxylation is 1. The Hall–Kier alpha value is -4.15. The smallest absolute Gasteiger partial charge is 0.303 e. The number of Topliss-reactive ketones (excluding diaryl/α,β-unsaturated/α-hetero) is 1. The molecule has 1 saturated carbocycles. The third-order valence-corrected chi connectivity index (χ3v) is 8.42. The van der Waals surface area contributed by atoms with Crippen molar-refractivity contribution in [1.82, 2.24) is 24.4 Å². The van der Waals surface area contributed by atoms with Crippen LogP contribution in [-0.4, -0.2) is 53.7 Å². The van der Waals surface area contributed by atoms with Crippen molar-refractivity contribution >= 4 is 40.5 Å². The summed E-state index contributed by atoms with van der Waals surface area (Å²) in [6.45, 7) is 4.31. The highest BCUT2D eigenvalue weighted by Gasteiger charge is 2.26. The Morgan fingerprint density at radius 2 is 1.79 bits per heavy atom. The van der Waals surface area contributed by atoms with Crippen LogP contribution >= 0.6 is 0 Å². The number of nitrogens with zero attached hydrogens (tertiary/aromatic N) is 5. The van der Waals surface area contributed by atoms with Crippen LogP contribution in [0.15, 0.2) is 23.1 Å². The van der Waals surface area contributed by atoms with Gasteiger partial charge in [0.15, 0.2) is 5.78 Å². The van der Waals surface area contributed by atoms with Crippen LogP contribution in [0.25, 0.3) is 11.0 Å². The van der Waals surface area contributed by atoms with Crippen molar-refractivity contribution in [2.24, 2.45) is 0 Å². The lowest BCUT2D eigenvalue weighted by Crippen LogP contribution is -2.36. The number of fused-ring (bicyclic) bond motifs is 2. The summed E-state index contributed by atoms with van der Waals surface area (Å²) in [5.41, 5.74) is 2.98. The van der Waals surface area contributed by atoms with Gasteiger partial charge in [-0.2, -0.15) is 4.98 Å². The van der Waals surface area contributed by atoms with Gasteiger partial charge in [0.25, 0.3) is 5.56 Å². The first kappa shape index (κ1) is 29.3. The molecule has 0 atom stereocenters. The molecule has 1 aliphatic heterocycles. The number of aliphatic carboxylic acids is 1. The van der Waals surface area contributed by atoms with Gasteiger partial charge in [-0.3, -0.25) is 23.7 Å². The Kier molecular flexibility index (Phi) is 8.94. The molecule has 0 saturated heterocycles. The van der Waals surface area contributed by atoms with Gasteiger partial charge in [-0.25, -0.2) is 9.97 Å². The highest BCUT2D eigenvalue weighted by atomic mass is 16.4. The van der Waals surface area contributed by atoms with Crippen LogP contribution in [-0.2, 0) is 22.6 Å². The molecule has 0 aromatic carbocycles. The van der Waals surface area contributed by atoms with Crippen LogP contribution in [0.2, 0.25) is 0 Å². The average molecular weight is 575 g/mol. The summed E-state index contributed by atoms with van der Waals surface area (Å²) >= 11 is 0. The molecule has 2 N–H and O–H groups in total. The van der Waals surface area contributed by atoms with Gasteiger partial charge in [0.1, 0.15) is 11.5 Å². The van der Waals surface area contributed by atoms with Crippen molar-refractivity contribution in [2.75, 3.05) is 11.9 Å². The molecule has 1 aliphatic carbocycles. The number of carbonyl (C=O) groups is 3. The normalized spacial score (nSPS) is 15.1. The van der Waals surface area contributed by atoms with E-state index in [9.17, 15) is 19.2 Å². The number of ketones is 1. The van der Waals surface area contributed by atoms with E-state index in [1.165, 1.54) is 6.92 Å². The number of rotatable bonds is 11. The topological polar surface area (TPSA) is 147 Å². The fourth-order valence-corrected chi connectivity index (χ4v) is 6.19. The zero-order chi connectivity index (χ0) is 29.8. The maximum atomic E-state index is 13.5. The van der Waals surface area contributed by atoms with E-state index in [2.05, 4.69) is 10.3 Å². The number of unbranched alkanes of at least 4 members (excludes halogenated alkanes) is 3. The van der Waals surface area contributed by atoms with Crippen molar-refractivity contribution in [1.29, 1.82) is 0 Å². The van der Waals surface area contributed by atoms with E-state index in [4.69, 9.17) is 15.1 Å². The van der Waals surface area contributed by atoms with Crippen molar-refractivity contribution in [2.45, 2.75) is 97.1 Å². The molecule has 0 bridgehead atoms. The molecule has 0 unspecified atom stereocenters. The Labute approximate surface area is 244 Å². The van der Waals surface area contributed by atoms with Crippen LogP contribution < -0.4 is 10.9 Å². The summed E-state index contributed by atoms with van der Waals surface area (Å²) in [4.78, 5) is 65.1. The highest BCUT2D eigenvalue weighted by molar-refractivity contribution is 5.99. The molecule has 0 spiro atoms. The molecule has 11 nitrogen and oxygen atoms in total. The van der Waals surface area contributed by atoms with Crippen LogP contribution in [0, 0.1) is 6.92 Å². The first-order valence-electron chi connectivity index (χ1n) is 14.9. The van der Waals surface area contributed by atoms with E-state index in [-0.39, 0.29) is 35.3 Å². The van der Waals surface area contributed by atoms with Gasteiger partial charge < -0.3 is 15.3 Å². The Morgan fingerprint density at radius 1 is 1.05 bits per heavy atom. The van der Waals surface area contributed by atoms with Crippen molar-refractivity contribution in [3.05, 3.63) is 51.1 Å². The summed E-state index contributed by atoms with van der Waals surface area (Å²) in [5.74, 6) is -0.00500. The standard InChI is InChI=1S/C31H38N6O5/c1-19-23-17-32-31(35-29(23)37(22-9-7-8-10-22)30(42)28(19)20(2)38)34-25-14-13-21-18-36(16-15-24(21)33-25)26(39)11-5-3-4-6-12-27(40)41/h13-14,17,22H,3-12,15-16,18H2,1-2H3,(H,40,41)(H,32,33,34,35). The Bertz CT molecular complexity index is 1580. The van der Waals surface area contributed by atoms with E-state index >= 15 is 0 Å². The van der Waals surface area contributed by atoms with Crippen molar-refractivity contribution in [3.63, 3.8) is 0 Å². The number of carbonyl (C=O) groups excluding carboxylic acids is 2. The van der Waals surface area contributed by atoms with Crippen LogP contribution in [0.3, 0.4) is 0 Å². The van der Waals surface area contributed by atoms with Gasteiger partial charge in [-0.1, -0.05) is 31.7 Å². The van der Waals surface area contributed by atoms with Gasteiger partial charge in [-0.05, 0) is 56.7 Å². The summed E-state index contributed by atoms with van der Waals surface area (Å²) in [7, 11) is 0. The van der Waals surface area contributed by atoms with Gasteiger partial charge in [0, 0.05) is 55.7 Å². The van der Waals surface area contributed by atoms with Crippen molar-refractivity contribution in [3.8, 4) is 0 Å². The molecular weight excluding hydrogens is 536 g/mol. The largest absolute Gasteiger partial charge is 0.481 e. The molecule has 1 amide bonds. The lowest BCUT2D eigenvalue weighted by Gasteiger charge is -2.28. The third kappa shape index (κ3) is 6.34. The fourth-order valence-electron chi connectivity index (χ4n) is 6.19. The SMILES string of the molecule is CC(=O)c1c(C)c2cnc(Nc3ccc4c(n3)CCN(C(=O)CCCCCCC(=O)O)C4)nc2n(C2CCCC2)c1=O. The number of amides is 1. The molecule has 4 heterocycles. The minimum absolute atomic E-state index is 0.00547. The molecule has 0 radical (unpaired) electrons. The van der Waals surface area contributed by atoms with Gasteiger partial charge in [0.05, 0.1) is 5.56 Å². The number of nitrogens with one attached hydrogen (secondary N) is 1. The number of carboxylic acids is 1. The zero-order valence-electron chi connectivity index (χ0n) is 24.3. The second kappa shape index (κ2) is 12.8. The molecule has 5 rings (SSSR count). The summed E-state index contributed by atoms with van der Waals surface area (Å²) < 4.78 is 1.70. The fraction of sp³-hybridized carbons (Fsp3) is 0.516. The number of hydrogen-bond donors (Lipinski definition) is 2. The number of pyridine rings is 2. The quantitative estimate of drug-likeness (QED) is 0.242. The van der Waals surface area contributed by atoms with Crippen LogP contribution in [0.4, 0.5) is 11.8 Å². The lowest BCUT2D eigenvalue weighted by atomic mass is 10.0. The molecule has 222 valence electrons. The minimum Gasteiger partial charge on any atom is -0.481 e. The predicted octanol–water partition coefficient (Wildman–Crippen LogP) is 4.87. The molecule has 42 heavy (non-hydrogen) atoms. The highest BCUT2D eigenvalue weighted by Crippen LogP contribution is 2.32. The molecule has 3 aromatic rings. The number of anilines is 2.